The number of phenols is 1. The van der Waals surface area contributed by atoms with Crippen LogP contribution in [0.1, 0.15) is 0 Å². The van der Waals surface area contributed by atoms with Gasteiger partial charge in [-0.15, -0.1) is 0 Å². The topological polar surface area (TPSA) is 86.6 Å². The van der Waals surface area contributed by atoms with Gasteiger partial charge < -0.3 is 10.4 Å². The van der Waals surface area contributed by atoms with E-state index in [2.05, 4.69) is 5.32 Å². The molecular formula is C8H13NO4S. The van der Waals surface area contributed by atoms with Gasteiger partial charge in [0.15, 0.2) is 0 Å². The maximum Gasteiger partial charge on any atom is 0.298 e. The lowest BCUT2D eigenvalue weighted by Crippen LogP contribution is -1.97. The van der Waals surface area contributed by atoms with Crippen molar-refractivity contribution in [3.05, 3.63) is 24.3 Å². The summed E-state index contributed by atoms with van der Waals surface area (Å²) in [4.78, 5) is -0.472. The molecule has 0 aliphatic carbocycles. The monoisotopic (exact) mass is 219 g/mol. The van der Waals surface area contributed by atoms with Crippen LogP contribution in [0, 0.1) is 0 Å². The van der Waals surface area contributed by atoms with Crippen molar-refractivity contribution in [3.63, 3.8) is 0 Å². The maximum absolute atomic E-state index is 10.4. The van der Waals surface area contributed by atoms with Gasteiger partial charge in [-0.1, -0.05) is 12.1 Å². The molecule has 0 unspecified atom stereocenters. The first kappa shape index (κ1) is 12.9. The summed E-state index contributed by atoms with van der Waals surface area (Å²) in [5, 5.41) is 11.7. The fraction of sp³-hybridized carbons (Fsp3) is 0.250. The number of benzene rings is 1. The van der Waals surface area contributed by atoms with Gasteiger partial charge in [-0.25, -0.2) is 0 Å². The molecule has 0 radical (unpaired) electrons. The minimum Gasteiger partial charge on any atom is -0.506 e. The van der Waals surface area contributed by atoms with Crippen LogP contribution in [0.2, 0.25) is 0 Å². The number of phenolic OH excluding ortho intramolecular Hbond substituents is 1. The summed E-state index contributed by atoms with van der Waals surface area (Å²) >= 11 is 0. The molecule has 6 heteroatoms. The van der Waals surface area contributed by atoms with Gasteiger partial charge in [-0.2, -0.15) is 8.42 Å². The van der Waals surface area contributed by atoms with E-state index in [0.717, 1.165) is 6.07 Å². The highest BCUT2D eigenvalue weighted by atomic mass is 32.2. The standard InChI is InChI=1S/C6H6O4S.C2H7N/c7-5-3-1-2-4-6(5)11(8,9)10;1-3-2/h1-4,7H,(H,8,9,10);3H,1-2H3. The molecule has 0 amide bonds. The van der Waals surface area contributed by atoms with E-state index in [0.29, 0.717) is 0 Å². The molecule has 14 heavy (non-hydrogen) atoms. The molecule has 3 N–H and O–H groups in total. The van der Waals surface area contributed by atoms with Crippen LogP contribution < -0.4 is 5.32 Å². The number of hydrogen-bond donors (Lipinski definition) is 3. The molecule has 5 nitrogen and oxygen atoms in total. The van der Waals surface area contributed by atoms with Crippen LogP contribution in [0.5, 0.6) is 5.75 Å². The number of rotatable bonds is 1. The van der Waals surface area contributed by atoms with E-state index in [1.807, 2.05) is 14.1 Å². The number of hydrogen-bond acceptors (Lipinski definition) is 4. The average molecular weight is 219 g/mol. The largest absolute Gasteiger partial charge is 0.506 e. The molecule has 0 bridgehead atoms. The zero-order valence-electron chi connectivity index (χ0n) is 7.93. The zero-order valence-corrected chi connectivity index (χ0v) is 8.75. The molecule has 0 spiro atoms. The Morgan fingerprint density at radius 1 is 1.21 bits per heavy atom. The second kappa shape index (κ2) is 5.58. The van der Waals surface area contributed by atoms with Crippen molar-refractivity contribution in [2.45, 2.75) is 4.90 Å². The highest BCUT2D eigenvalue weighted by molar-refractivity contribution is 7.86. The second-order valence-electron chi connectivity index (χ2n) is 2.44. The number of nitrogens with one attached hydrogen (secondary N) is 1. The van der Waals surface area contributed by atoms with E-state index in [-0.39, 0.29) is 0 Å². The predicted molar refractivity (Wildman–Crippen MR) is 52.9 cm³/mol. The smallest absolute Gasteiger partial charge is 0.298 e. The van der Waals surface area contributed by atoms with Crippen LogP contribution in [0.15, 0.2) is 29.2 Å². The van der Waals surface area contributed by atoms with Crippen molar-refractivity contribution in [1.29, 1.82) is 0 Å². The van der Waals surface area contributed by atoms with Crippen molar-refractivity contribution < 1.29 is 18.1 Å². The molecular weight excluding hydrogens is 206 g/mol. The third kappa shape index (κ3) is 4.22. The van der Waals surface area contributed by atoms with E-state index in [9.17, 15) is 8.42 Å². The fourth-order valence-electron chi connectivity index (χ4n) is 0.675. The first-order valence-corrected chi connectivity index (χ1v) is 5.21. The Morgan fingerprint density at radius 3 is 1.93 bits per heavy atom. The van der Waals surface area contributed by atoms with Crippen molar-refractivity contribution in [3.8, 4) is 5.75 Å². The number of para-hydroxylation sites is 1. The second-order valence-corrected chi connectivity index (χ2v) is 3.83. The molecule has 0 heterocycles. The third-order valence-corrected chi connectivity index (χ3v) is 2.04. The Bertz CT molecular complexity index is 375. The normalized spacial score (nSPS) is 10.2. The molecule has 1 rings (SSSR count). The van der Waals surface area contributed by atoms with Crippen molar-refractivity contribution in [2.24, 2.45) is 0 Å². The quantitative estimate of drug-likeness (QED) is 0.598. The summed E-state index contributed by atoms with van der Waals surface area (Å²) in [6.07, 6.45) is 0. The van der Waals surface area contributed by atoms with Crippen LogP contribution in [0.4, 0.5) is 0 Å². The van der Waals surface area contributed by atoms with Crippen LogP contribution in [-0.4, -0.2) is 32.2 Å². The first-order chi connectivity index (χ1) is 6.43. The van der Waals surface area contributed by atoms with Crippen molar-refractivity contribution in [1.82, 2.24) is 5.32 Å². The van der Waals surface area contributed by atoms with Crippen LogP contribution >= 0.6 is 0 Å². The molecule has 0 saturated heterocycles. The molecule has 0 saturated carbocycles. The molecule has 0 fully saturated rings. The van der Waals surface area contributed by atoms with Crippen LogP contribution in [-0.2, 0) is 10.1 Å². The SMILES string of the molecule is CNC.O=S(=O)(O)c1ccccc1O. The Kier molecular flexibility index (Phi) is 5.14. The van der Waals surface area contributed by atoms with Gasteiger partial charge in [-0.3, -0.25) is 4.55 Å². The lowest BCUT2D eigenvalue weighted by Gasteiger charge is -1.97. The summed E-state index contributed by atoms with van der Waals surface area (Å²) in [6.45, 7) is 0. The van der Waals surface area contributed by atoms with Crippen LogP contribution in [0.25, 0.3) is 0 Å². The van der Waals surface area contributed by atoms with Gasteiger partial charge in [0.2, 0.25) is 0 Å². The van der Waals surface area contributed by atoms with Crippen molar-refractivity contribution >= 4 is 10.1 Å². The lowest BCUT2D eigenvalue weighted by atomic mass is 10.3. The number of aromatic hydroxyl groups is 1. The van der Waals surface area contributed by atoms with E-state index < -0.39 is 20.8 Å². The molecule has 1 aromatic rings. The summed E-state index contributed by atoms with van der Waals surface area (Å²) in [5.74, 6) is -0.449. The van der Waals surface area contributed by atoms with Crippen molar-refractivity contribution in [2.75, 3.05) is 14.1 Å². The van der Waals surface area contributed by atoms with E-state index >= 15 is 0 Å². The average Bonchev–Trinajstić information content (AvgIpc) is 2.04. The summed E-state index contributed by atoms with van der Waals surface area (Å²) in [5.41, 5.74) is 0. The predicted octanol–water partition coefficient (Wildman–Crippen LogP) is 0.474. The summed E-state index contributed by atoms with van der Waals surface area (Å²) in [6, 6.07) is 5.17. The molecule has 0 aliphatic heterocycles. The molecule has 80 valence electrons. The lowest BCUT2D eigenvalue weighted by molar-refractivity contribution is 0.443. The molecule has 0 aromatic heterocycles. The Morgan fingerprint density at radius 2 is 1.64 bits per heavy atom. The van der Waals surface area contributed by atoms with Gasteiger partial charge in [0, 0.05) is 0 Å². The highest BCUT2D eigenvalue weighted by Gasteiger charge is 2.12. The van der Waals surface area contributed by atoms with Gasteiger partial charge in [0.25, 0.3) is 10.1 Å². The zero-order chi connectivity index (χ0) is 11.2. The van der Waals surface area contributed by atoms with Gasteiger partial charge in [0.05, 0.1) is 0 Å². The van der Waals surface area contributed by atoms with Crippen LogP contribution in [0.3, 0.4) is 0 Å². The minimum atomic E-state index is -4.28. The third-order valence-electron chi connectivity index (χ3n) is 1.14. The first-order valence-electron chi connectivity index (χ1n) is 3.77. The Hall–Kier alpha value is -1.11. The Labute approximate surface area is 83.1 Å². The highest BCUT2D eigenvalue weighted by Crippen LogP contribution is 2.20. The van der Waals surface area contributed by atoms with E-state index in [1.54, 1.807) is 0 Å². The minimum absolute atomic E-state index is 0.449. The summed E-state index contributed by atoms with van der Waals surface area (Å²) in [7, 11) is -0.533. The van der Waals surface area contributed by atoms with E-state index in [4.69, 9.17) is 9.66 Å². The Balaban J connectivity index is 0.000000500. The van der Waals surface area contributed by atoms with Gasteiger partial charge in [-0.05, 0) is 26.2 Å². The molecule has 0 aliphatic rings. The van der Waals surface area contributed by atoms with Gasteiger partial charge >= 0.3 is 0 Å². The molecule has 1 aromatic carbocycles. The van der Waals surface area contributed by atoms with E-state index in [1.165, 1.54) is 18.2 Å². The molecule has 0 atom stereocenters. The maximum atomic E-state index is 10.4. The summed E-state index contributed by atoms with van der Waals surface area (Å²) < 4.78 is 29.4. The van der Waals surface area contributed by atoms with Gasteiger partial charge in [0.1, 0.15) is 10.6 Å². The fourth-order valence-corrected chi connectivity index (χ4v) is 1.26.